The number of nitrogens with one attached hydrogen (secondary N) is 2. The number of methoxy groups -OCH3 is 1. The van der Waals surface area contributed by atoms with Crippen molar-refractivity contribution in [1.82, 2.24) is 5.32 Å². The molecule has 0 saturated carbocycles. The van der Waals surface area contributed by atoms with Crippen LogP contribution in [0.3, 0.4) is 0 Å². The molecule has 3 rings (SSSR count). The summed E-state index contributed by atoms with van der Waals surface area (Å²) in [6.45, 7) is 1.70. The van der Waals surface area contributed by atoms with Crippen LogP contribution in [0.15, 0.2) is 18.2 Å². The molecule has 0 bridgehead atoms. The molecule has 2 N–H and O–H groups in total. The lowest BCUT2D eigenvalue weighted by Crippen LogP contribution is -2.41. The highest BCUT2D eigenvalue weighted by Gasteiger charge is 2.30. The van der Waals surface area contributed by atoms with Crippen molar-refractivity contribution in [3.8, 4) is 5.75 Å². The molecule has 0 unspecified atom stereocenters. The summed E-state index contributed by atoms with van der Waals surface area (Å²) in [4.78, 5) is 12.2. The SMILES string of the molecule is COc1ccc(NC(=O)NC2CCOCC2)cc1N1CCCS1(=O)=O. The lowest BCUT2D eigenvalue weighted by Gasteiger charge is -2.24. The van der Waals surface area contributed by atoms with Crippen molar-refractivity contribution < 1.29 is 22.7 Å². The van der Waals surface area contributed by atoms with Crippen molar-refractivity contribution in [2.75, 3.05) is 42.2 Å². The number of urea groups is 1. The van der Waals surface area contributed by atoms with Gasteiger partial charge in [0.1, 0.15) is 5.75 Å². The molecule has 0 radical (unpaired) electrons. The van der Waals surface area contributed by atoms with Gasteiger partial charge in [-0.3, -0.25) is 4.31 Å². The van der Waals surface area contributed by atoms with Crippen molar-refractivity contribution in [2.24, 2.45) is 0 Å². The number of nitrogens with zero attached hydrogens (tertiary/aromatic N) is 1. The minimum absolute atomic E-state index is 0.0884. The number of anilines is 2. The third kappa shape index (κ3) is 4.16. The van der Waals surface area contributed by atoms with Crippen LogP contribution >= 0.6 is 0 Å². The van der Waals surface area contributed by atoms with Crippen LogP contribution in [0, 0.1) is 0 Å². The summed E-state index contributed by atoms with van der Waals surface area (Å²) in [6, 6.07) is 4.75. The third-order valence-electron chi connectivity index (χ3n) is 4.36. The van der Waals surface area contributed by atoms with E-state index >= 15 is 0 Å². The highest BCUT2D eigenvalue weighted by molar-refractivity contribution is 7.93. The van der Waals surface area contributed by atoms with Gasteiger partial charge in [-0.25, -0.2) is 13.2 Å². The molecule has 2 aliphatic heterocycles. The van der Waals surface area contributed by atoms with E-state index in [0.717, 1.165) is 12.8 Å². The molecule has 0 aromatic heterocycles. The molecule has 0 atom stereocenters. The van der Waals surface area contributed by atoms with Crippen LogP contribution in [0.2, 0.25) is 0 Å². The predicted octanol–water partition coefficient (Wildman–Crippen LogP) is 1.54. The smallest absolute Gasteiger partial charge is 0.319 e. The van der Waals surface area contributed by atoms with Crippen LogP contribution in [0.4, 0.5) is 16.2 Å². The van der Waals surface area contributed by atoms with Crippen LogP contribution in [-0.2, 0) is 14.8 Å². The van der Waals surface area contributed by atoms with E-state index in [1.807, 2.05) is 0 Å². The molecule has 2 amide bonds. The summed E-state index contributed by atoms with van der Waals surface area (Å²) >= 11 is 0. The van der Waals surface area contributed by atoms with Crippen molar-refractivity contribution in [3.63, 3.8) is 0 Å². The van der Waals surface area contributed by atoms with Gasteiger partial charge in [0.05, 0.1) is 18.6 Å². The van der Waals surface area contributed by atoms with E-state index in [-0.39, 0.29) is 17.8 Å². The van der Waals surface area contributed by atoms with Gasteiger partial charge >= 0.3 is 6.03 Å². The number of amides is 2. The molecule has 138 valence electrons. The average Bonchev–Trinajstić information content (AvgIpc) is 2.94. The Morgan fingerprint density at radius 1 is 1.32 bits per heavy atom. The maximum Gasteiger partial charge on any atom is 0.319 e. The summed E-state index contributed by atoms with van der Waals surface area (Å²) in [5.74, 6) is 0.582. The second kappa shape index (κ2) is 7.49. The largest absolute Gasteiger partial charge is 0.495 e. The Bertz CT molecular complexity index is 731. The predicted molar refractivity (Wildman–Crippen MR) is 94.7 cm³/mol. The molecule has 0 spiro atoms. The standard InChI is InChI=1S/C16H23N3O5S/c1-23-15-4-3-13(11-14(15)19-7-2-10-25(19,21)22)18-16(20)17-12-5-8-24-9-6-12/h3-4,11-12H,2,5-10H2,1H3,(H2,17,18,20). The molecule has 0 aliphatic carbocycles. The molecular formula is C16H23N3O5S. The maximum atomic E-state index is 12.2. The Labute approximate surface area is 147 Å². The fourth-order valence-corrected chi connectivity index (χ4v) is 4.63. The zero-order chi connectivity index (χ0) is 17.9. The zero-order valence-electron chi connectivity index (χ0n) is 14.2. The number of rotatable bonds is 4. The monoisotopic (exact) mass is 369 g/mol. The maximum absolute atomic E-state index is 12.2. The number of carbonyl (C=O) groups is 1. The van der Waals surface area contributed by atoms with E-state index in [2.05, 4.69) is 10.6 Å². The zero-order valence-corrected chi connectivity index (χ0v) is 15.0. The number of hydrogen-bond acceptors (Lipinski definition) is 5. The molecule has 2 saturated heterocycles. The molecule has 9 heteroatoms. The summed E-state index contributed by atoms with van der Waals surface area (Å²) < 4.78 is 36.3. The molecule has 1 aromatic rings. The van der Waals surface area contributed by atoms with E-state index in [9.17, 15) is 13.2 Å². The number of benzene rings is 1. The Morgan fingerprint density at radius 3 is 2.72 bits per heavy atom. The lowest BCUT2D eigenvalue weighted by molar-refractivity contribution is 0.0806. The van der Waals surface area contributed by atoms with Gasteiger partial charge in [0.2, 0.25) is 10.0 Å². The molecule has 8 nitrogen and oxygen atoms in total. The van der Waals surface area contributed by atoms with Gasteiger partial charge in [0.15, 0.2) is 0 Å². The first-order valence-corrected chi connectivity index (χ1v) is 9.94. The molecular weight excluding hydrogens is 346 g/mol. The van der Waals surface area contributed by atoms with Gasteiger partial charge in [-0.15, -0.1) is 0 Å². The minimum Gasteiger partial charge on any atom is -0.495 e. The fraction of sp³-hybridized carbons (Fsp3) is 0.562. The molecule has 1 aromatic carbocycles. The van der Waals surface area contributed by atoms with Crippen LogP contribution in [-0.4, -0.2) is 53.1 Å². The quantitative estimate of drug-likeness (QED) is 0.839. The summed E-state index contributed by atoms with van der Waals surface area (Å²) in [5, 5.41) is 5.67. The number of hydrogen-bond donors (Lipinski definition) is 2. The third-order valence-corrected chi connectivity index (χ3v) is 6.22. The Morgan fingerprint density at radius 2 is 2.08 bits per heavy atom. The first-order chi connectivity index (χ1) is 12.0. The van der Waals surface area contributed by atoms with Gasteiger partial charge in [-0.1, -0.05) is 0 Å². The van der Waals surface area contributed by atoms with Crippen molar-refractivity contribution in [1.29, 1.82) is 0 Å². The number of ether oxygens (including phenoxy) is 2. The van der Waals surface area contributed by atoms with Gasteiger partial charge in [0, 0.05) is 31.5 Å². The van der Waals surface area contributed by atoms with Crippen LogP contribution in [0.1, 0.15) is 19.3 Å². The van der Waals surface area contributed by atoms with E-state index in [0.29, 0.717) is 43.3 Å². The number of sulfonamides is 1. The molecule has 2 aliphatic rings. The van der Waals surface area contributed by atoms with Gasteiger partial charge in [-0.2, -0.15) is 0 Å². The van der Waals surface area contributed by atoms with Crippen molar-refractivity contribution >= 4 is 27.4 Å². The van der Waals surface area contributed by atoms with E-state index in [1.165, 1.54) is 11.4 Å². The number of carbonyl (C=O) groups excluding carboxylic acids is 1. The van der Waals surface area contributed by atoms with Crippen LogP contribution in [0.5, 0.6) is 5.75 Å². The fourth-order valence-electron chi connectivity index (χ4n) is 3.07. The van der Waals surface area contributed by atoms with Crippen LogP contribution in [0.25, 0.3) is 0 Å². The minimum atomic E-state index is -3.33. The van der Waals surface area contributed by atoms with Gasteiger partial charge < -0.3 is 20.1 Å². The summed E-state index contributed by atoms with van der Waals surface area (Å²) in [7, 11) is -1.84. The highest BCUT2D eigenvalue weighted by Crippen LogP contribution is 2.35. The summed E-state index contributed by atoms with van der Waals surface area (Å²) in [6.07, 6.45) is 2.15. The van der Waals surface area contributed by atoms with Crippen molar-refractivity contribution in [3.05, 3.63) is 18.2 Å². The Kier molecular flexibility index (Phi) is 5.33. The second-order valence-corrected chi connectivity index (χ2v) is 8.13. The summed E-state index contributed by atoms with van der Waals surface area (Å²) in [5.41, 5.74) is 0.964. The lowest BCUT2D eigenvalue weighted by atomic mass is 10.1. The average molecular weight is 369 g/mol. The van der Waals surface area contributed by atoms with E-state index in [4.69, 9.17) is 9.47 Å². The molecule has 2 heterocycles. The molecule has 2 fully saturated rings. The Hall–Kier alpha value is -2.00. The topological polar surface area (TPSA) is 97.0 Å². The highest BCUT2D eigenvalue weighted by atomic mass is 32.2. The van der Waals surface area contributed by atoms with E-state index < -0.39 is 10.0 Å². The van der Waals surface area contributed by atoms with Gasteiger partial charge in [-0.05, 0) is 37.5 Å². The first-order valence-electron chi connectivity index (χ1n) is 8.33. The first kappa shape index (κ1) is 17.8. The van der Waals surface area contributed by atoms with Gasteiger partial charge in [0.25, 0.3) is 0 Å². The molecule has 25 heavy (non-hydrogen) atoms. The normalized spacial score (nSPS) is 20.3. The van der Waals surface area contributed by atoms with Crippen molar-refractivity contribution in [2.45, 2.75) is 25.3 Å². The van der Waals surface area contributed by atoms with E-state index in [1.54, 1.807) is 18.2 Å². The van der Waals surface area contributed by atoms with Crippen LogP contribution < -0.4 is 19.7 Å². The second-order valence-electron chi connectivity index (χ2n) is 6.11. The Balaban J connectivity index is 1.74.